The molecule has 0 saturated carbocycles. The van der Waals surface area contributed by atoms with Gasteiger partial charge in [-0.05, 0) is 30.3 Å². The number of carbonyl (C=O) groups is 1. The first-order valence-electron chi connectivity index (χ1n) is 5.22. The lowest BCUT2D eigenvalue weighted by molar-refractivity contribution is 0.0698. The smallest absolute Gasteiger partial charge is 0.337 e. The van der Waals surface area contributed by atoms with Crippen LogP contribution in [0.25, 0.3) is 0 Å². The van der Waals surface area contributed by atoms with E-state index in [0.29, 0.717) is 22.1 Å². The molecule has 2 aromatic rings. The zero-order valence-electron chi connectivity index (χ0n) is 9.35. The van der Waals surface area contributed by atoms with Crippen molar-refractivity contribution in [3.63, 3.8) is 0 Å². The van der Waals surface area contributed by atoms with Gasteiger partial charge in [-0.25, -0.2) is 4.79 Å². The van der Waals surface area contributed by atoms with Crippen LogP contribution in [0.4, 0.5) is 17.1 Å². The summed E-state index contributed by atoms with van der Waals surface area (Å²) < 4.78 is 0. The Morgan fingerprint density at radius 3 is 2.56 bits per heavy atom. The normalized spacial score (nSPS) is 10.1. The van der Waals surface area contributed by atoms with E-state index in [1.54, 1.807) is 36.4 Å². The highest BCUT2D eigenvalue weighted by molar-refractivity contribution is 6.31. The van der Waals surface area contributed by atoms with Crippen LogP contribution in [0.3, 0.4) is 0 Å². The first-order valence-corrected chi connectivity index (χ1v) is 5.60. The van der Waals surface area contributed by atoms with Crippen LogP contribution in [-0.2, 0) is 0 Å². The zero-order valence-corrected chi connectivity index (χ0v) is 10.1. The SMILES string of the molecule is Nc1cc(Cl)ccc1Nc1ccccc1C(=O)O. The summed E-state index contributed by atoms with van der Waals surface area (Å²) in [5.74, 6) is -0.995. The van der Waals surface area contributed by atoms with E-state index < -0.39 is 5.97 Å². The minimum atomic E-state index is -0.995. The van der Waals surface area contributed by atoms with Gasteiger partial charge in [0.15, 0.2) is 0 Å². The van der Waals surface area contributed by atoms with Gasteiger partial charge in [0.2, 0.25) is 0 Å². The number of para-hydroxylation sites is 1. The summed E-state index contributed by atoms with van der Waals surface area (Å²) in [5.41, 5.74) is 7.55. The lowest BCUT2D eigenvalue weighted by Gasteiger charge is -2.11. The molecule has 0 radical (unpaired) electrons. The van der Waals surface area contributed by atoms with Crippen LogP contribution in [0.15, 0.2) is 42.5 Å². The monoisotopic (exact) mass is 262 g/mol. The molecule has 0 fully saturated rings. The lowest BCUT2D eigenvalue weighted by Crippen LogP contribution is -2.03. The largest absolute Gasteiger partial charge is 0.478 e. The Morgan fingerprint density at radius 2 is 1.89 bits per heavy atom. The molecule has 2 aromatic carbocycles. The van der Waals surface area contributed by atoms with Crippen molar-refractivity contribution in [1.82, 2.24) is 0 Å². The quantitative estimate of drug-likeness (QED) is 0.742. The molecular formula is C13H11ClN2O2. The van der Waals surface area contributed by atoms with Gasteiger partial charge >= 0.3 is 5.97 Å². The van der Waals surface area contributed by atoms with Crippen LogP contribution in [-0.4, -0.2) is 11.1 Å². The molecule has 0 saturated heterocycles. The highest BCUT2D eigenvalue weighted by atomic mass is 35.5. The van der Waals surface area contributed by atoms with Crippen molar-refractivity contribution in [3.05, 3.63) is 53.1 Å². The number of carboxylic acids is 1. The standard InChI is InChI=1S/C13H11ClN2O2/c14-8-5-6-12(10(15)7-8)16-11-4-2-1-3-9(11)13(17)18/h1-7,16H,15H2,(H,17,18). The van der Waals surface area contributed by atoms with E-state index in [1.807, 2.05) is 0 Å². The molecule has 0 bridgehead atoms. The molecule has 0 atom stereocenters. The first-order chi connectivity index (χ1) is 8.58. The van der Waals surface area contributed by atoms with Crippen LogP contribution in [0.5, 0.6) is 0 Å². The van der Waals surface area contributed by atoms with Crippen LogP contribution >= 0.6 is 11.6 Å². The van der Waals surface area contributed by atoms with Gasteiger partial charge in [0.05, 0.1) is 22.6 Å². The molecule has 0 aliphatic carbocycles. The summed E-state index contributed by atoms with van der Waals surface area (Å²) in [4.78, 5) is 11.1. The highest BCUT2D eigenvalue weighted by Crippen LogP contribution is 2.27. The molecule has 0 unspecified atom stereocenters. The van der Waals surface area contributed by atoms with Crippen LogP contribution in [0, 0.1) is 0 Å². The average molecular weight is 263 g/mol. The molecule has 4 N–H and O–H groups in total. The van der Waals surface area contributed by atoms with Gasteiger partial charge in [-0.1, -0.05) is 23.7 Å². The van der Waals surface area contributed by atoms with Gasteiger partial charge in [-0.3, -0.25) is 0 Å². The third-order valence-electron chi connectivity index (χ3n) is 2.44. The molecule has 5 heteroatoms. The third-order valence-corrected chi connectivity index (χ3v) is 2.68. The fourth-order valence-corrected chi connectivity index (χ4v) is 1.75. The molecule has 4 nitrogen and oxygen atoms in total. The fraction of sp³-hybridized carbons (Fsp3) is 0. The van der Waals surface area contributed by atoms with Crippen molar-refractivity contribution in [3.8, 4) is 0 Å². The van der Waals surface area contributed by atoms with E-state index >= 15 is 0 Å². The molecule has 0 heterocycles. The minimum absolute atomic E-state index is 0.187. The Balaban J connectivity index is 2.37. The number of benzene rings is 2. The molecule has 0 spiro atoms. The van der Waals surface area contributed by atoms with Crippen LogP contribution in [0.1, 0.15) is 10.4 Å². The second-order valence-corrected chi connectivity index (χ2v) is 4.14. The maximum Gasteiger partial charge on any atom is 0.337 e. The van der Waals surface area contributed by atoms with Gasteiger partial charge in [-0.2, -0.15) is 0 Å². The Morgan fingerprint density at radius 1 is 1.17 bits per heavy atom. The van der Waals surface area contributed by atoms with Gasteiger partial charge in [0.25, 0.3) is 0 Å². The molecule has 0 aliphatic heterocycles. The second kappa shape index (κ2) is 4.98. The Labute approximate surface area is 109 Å². The summed E-state index contributed by atoms with van der Waals surface area (Å²) in [7, 11) is 0. The van der Waals surface area contributed by atoms with Gasteiger partial charge in [0, 0.05) is 5.02 Å². The van der Waals surface area contributed by atoms with Crippen molar-refractivity contribution >= 4 is 34.6 Å². The number of hydrogen-bond acceptors (Lipinski definition) is 3. The van der Waals surface area contributed by atoms with Crippen LogP contribution in [0.2, 0.25) is 5.02 Å². The zero-order chi connectivity index (χ0) is 13.1. The Bertz CT molecular complexity index is 599. The summed E-state index contributed by atoms with van der Waals surface area (Å²) >= 11 is 5.80. The molecule has 18 heavy (non-hydrogen) atoms. The van der Waals surface area contributed by atoms with E-state index in [2.05, 4.69) is 5.32 Å². The summed E-state index contributed by atoms with van der Waals surface area (Å²) in [6.45, 7) is 0. The predicted octanol–water partition coefficient (Wildman–Crippen LogP) is 3.36. The number of rotatable bonds is 3. The van der Waals surface area contributed by atoms with E-state index in [9.17, 15) is 4.79 Å². The first kappa shape index (κ1) is 12.3. The predicted molar refractivity (Wildman–Crippen MR) is 72.5 cm³/mol. The molecule has 0 aromatic heterocycles. The number of nitrogens with two attached hydrogens (primary N) is 1. The number of aromatic carboxylic acids is 1. The third kappa shape index (κ3) is 2.55. The van der Waals surface area contributed by atoms with Crippen molar-refractivity contribution < 1.29 is 9.90 Å². The number of hydrogen-bond donors (Lipinski definition) is 3. The number of nitrogen functional groups attached to an aromatic ring is 1. The summed E-state index contributed by atoms with van der Waals surface area (Å²) in [5, 5.41) is 12.6. The van der Waals surface area contributed by atoms with E-state index in [4.69, 9.17) is 22.4 Å². The van der Waals surface area contributed by atoms with Gasteiger partial charge in [-0.15, -0.1) is 0 Å². The number of anilines is 3. The molecule has 92 valence electrons. The van der Waals surface area contributed by atoms with Crippen LogP contribution < -0.4 is 11.1 Å². The molecule has 2 rings (SSSR count). The van der Waals surface area contributed by atoms with E-state index in [0.717, 1.165) is 0 Å². The number of carboxylic acid groups (broad SMARTS) is 1. The molecule has 0 amide bonds. The maximum atomic E-state index is 11.1. The molecular weight excluding hydrogens is 252 g/mol. The second-order valence-electron chi connectivity index (χ2n) is 3.71. The fourth-order valence-electron chi connectivity index (χ4n) is 1.57. The Kier molecular flexibility index (Phi) is 3.39. The Hall–Kier alpha value is -2.20. The molecule has 0 aliphatic rings. The maximum absolute atomic E-state index is 11.1. The van der Waals surface area contributed by atoms with Crippen molar-refractivity contribution in [1.29, 1.82) is 0 Å². The summed E-state index contributed by atoms with van der Waals surface area (Å²) in [6, 6.07) is 11.6. The summed E-state index contributed by atoms with van der Waals surface area (Å²) in [6.07, 6.45) is 0. The van der Waals surface area contributed by atoms with Crippen molar-refractivity contribution in [2.75, 3.05) is 11.1 Å². The van der Waals surface area contributed by atoms with Gasteiger partial charge in [0.1, 0.15) is 0 Å². The number of nitrogens with one attached hydrogen (secondary N) is 1. The number of halogens is 1. The van der Waals surface area contributed by atoms with Crippen molar-refractivity contribution in [2.45, 2.75) is 0 Å². The van der Waals surface area contributed by atoms with E-state index in [1.165, 1.54) is 6.07 Å². The van der Waals surface area contributed by atoms with E-state index in [-0.39, 0.29) is 5.56 Å². The van der Waals surface area contributed by atoms with Gasteiger partial charge < -0.3 is 16.2 Å². The highest BCUT2D eigenvalue weighted by Gasteiger charge is 2.10. The minimum Gasteiger partial charge on any atom is -0.478 e. The lowest BCUT2D eigenvalue weighted by atomic mass is 10.1. The average Bonchev–Trinajstić information content (AvgIpc) is 2.33. The topological polar surface area (TPSA) is 75.3 Å². The van der Waals surface area contributed by atoms with Crippen molar-refractivity contribution in [2.24, 2.45) is 0 Å².